The summed E-state index contributed by atoms with van der Waals surface area (Å²) < 4.78 is 0. The van der Waals surface area contributed by atoms with E-state index in [2.05, 4.69) is 5.32 Å². The third-order valence-electron chi connectivity index (χ3n) is 3.97. The Labute approximate surface area is 125 Å². The molecule has 1 aliphatic rings. The molecular formula is C16H22N2O3. The maximum atomic E-state index is 12.2. The minimum absolute atomic E-state index is 0.00215. The van der Waals surface area contributed by atoms with E-state index in [4.69, 9.17) is 5.11 Å². The van der Waals surface area contributed by atoms with Gasteiger partial charge >= 0.3 is 12.0 Å². The van der Waals surface area contributed by atoms with Gasteiger partial charge in [0.25, 0.3) is 0 Å². The molecule has 2 rings (SSSR count). The molecule has 0 bridgehead atoms. The molecule has 1 aromatic rings. The smallest absolute Gasteiger partial charge is 0.317 e. The van der Waals surface area contributed by atoms with Crippen LogP contribution < -0.4 is 5.32 Å². The van der Waals surface area contributed by atoms with Gasteiger partial charge in [-0.15, -0.1) is 0 Å². The Balaban J connectivity index is 1.86. The molecule has 21 heavy (non-hydrogen) atoms. The molecule has 0 aliphatic carbocycles. The lowest BCUT2D eigenvalue weighted by atomic mass is 9.99. The fourth-order valence-corrected chi connectivity index (χ4v) is 2.77. The standard InChI is InChI=1S/C16H22N2O3/c1-11-9-18(10-14(11)15(19)20)16(21)17-12(2)8-13-6-4-3-5-7-13/h3-7,11-12,14H,8-10H2,1-2H3,(H,17,21)(H,19,20). The van der Waals surface area contributed by atoms with Crippen molar-refractivity contribution in [2.75, 3.05) is 13.1 Å². The summed E-state index contributed by atoms with van der Waals surface area (Å²) in [6, 6.07) is 9.81. The van der Waals surface area contributed by atoms with Crippen molar-refractivity contribution in [1.29, 1.82) is 0 Å². The number of benzene rings is 1. The molecule has 0 saturated carbocycles. The summed E-state index contributed by atoms with van der Waals surface area (Å²) in [5.74, 6) is -1.28. The monoisotopic (exact) mass is 290 g/mol. The van der Waals surface area contributed by atoms with Gasteiger partial charge in [-0.3, -0.25) is 4.79 Å². The lowest BCUT2D eigenvalue weighted by Crippen LogP contribution is -2.43. The second-order valence-corrected chi connectivity index (χ2v) is 5.87. The van der Waals surface area contributed by atoms with Gasteiger partial charge in [0.1, 0.15) is 0 Å². The first-order valence-corrected chi connectivity index (χ1v) is 7.29. The Bertz CT molecular complexity index is 504. The fourth-order valence-electron chi connectivity index (χ4n) is 2.77. The number of likely N-dealkylation sites (tertiary alicyclic amines) is 1. The number of carbonyl (C=O) groups is 2. The Morgan fingerprint density at radius 3 is 2.57 bits per heavy atom. The Morgan fingerprint density at radius 1 is 1.33 bits per heavy atom. The molecule has 5 heteroatoms. The van der Waals surface area contributed by atoms with Gasteiger partial charge in [-0.1, -0.05) is 37.3 Å². The number of hydrogen-bond acceptors (Lipinski definition) is 2. The average Bonchev–Trinajstić information content (AvgIpc) is 2.82. The maximum Gasteiger partial charge on any atom is 0.317 e. The van der Waals surface area contributed by atoms with Gasteiger partial charge in [-0.2, -0.15) is 0 Å². The Hall–Kier alpha value is -2.04. The van der Waals surface area contributed by atoms with E-state index in [0.717, 1.165) is 6.42 Å². The third-order valence-corrected chi connectivity index (χ3v) is 3.97. The van der Waals surface area contributed by atoms with Gasteiger partial charge in [0.15, 0.2) is 0 Å². The summed E-state index contributed by atoms with van der Waals surface area (Å²) in [7, 11) is 0. The molecular weight excluding hydrogens is 268 g/mol. The number of nitrogens with one attached hydrogen (secondary N) is 1. The number of nitrogens with zero attached hydrogens (tertiary/aromatic N) is 1. The first kappa shape index (κ1) is 15.4. The van der Waals surface area contributed by atoms with E-state index in [0.29, 0.717) is 13.1 Å². The number of carbonyl (C=O) groups excluding carboxylic acids is 1. The SMILES string of the molecule is CC(Cc1ccccc1)NC(=O)N1CC(C)C(C(=O)O)C1. The summed E-state index contributed by atoms with van der Waals surface area (Å²) in [6.45, 7) is 4.62. The van der Waals surface area contributed by atoms with E-state index < -0.39 is 11.9 Å². The van der Waals surface area contributed by atoms with Crippen LogP contribution in [0.2, 0.25) is 0 Å². The zero-order valence-electron chi connectivity index (χ0n) is 12.5. The van der Waals surface area contributed by atoms with Gasteiger partial charge in [0.2, 0.25) is 0 Å². The predicted molar refractivity (Wildman–Crippen MR) is 80.0 cm³/mol. The summed E-state index contributed by atoms with van der Waals surface area (Å²) in [5.41, 5.74) is 1.17. The predicted octanol–water partition coefficient (Wildman–Crippen LogP) is 1.98. The summed E-state index contributed by atoms with van der Waals surface area (Å²) in [6.07, 6.45) is 0.762. The molecule has 3 unspecified atom stereocenters. The molecule has 1 aliphatic heterocycles. The minimum atomic E-state index is -0.824. The molecule has 5 nitrogen and oxygen atoms in total. The highest BCUT2D eigenvalue weighted by Gasteiger charge is 2.37. The lowest BCUT2D eigenvalue weighted by Gasteiger charge is -2.21. The van der Waals surface area contributed by atoms with Crippen LogP contribution in [0.5, 0.6) is 0 Å². The number of rotatable bonds is 4. The highest BCUT2D eigenvalue weighted by atomic mass is 16.4. The zero-order chi connectivity index (χ0) is 15.4. The fraction of sp³-hybridized carbons (Fsp3) is 0.500. The molecule has 0 spiro atoms. The van der Waals surface area contributed by atoms with Crippen molar-refractivity contribution < 1.29 is 14.7 Å². The highest BCUT2D eigenvalue weighted by Crippen LogP contribution is 2.23. The number of urea groups is 1. The van der Waals surface area contributed by atoms with Crippen molar-refractivity contribution >= 4 is 12.0 Å². The zero-order valence-corrected chi connectivity index (χ0v) is 12.5. The van der Waals surface area contributed by atoms with Crippen LogP contribution in [0.1, 0.15) is 19.4 Å². The van der Waals surface area contributed by atoms with Crippen LogP contribution in [-0.2, 0) is 11.2 Å². The summed E-state index contributed by atoms with van der Waals surface area (Å²) in [4.78, 5) is 24.9. The van der Waals surface area contributed by atoms with Crippen molar-refractivity contribution in [2.24, 2.45) is 11.8 Å². The normalized spacial score (nSPS) is 22.9. The number of carboxylic acid groups (broad SMARTS) is 1. The molecule has 1 heterocycles. The number of hydrogen-bond donors (Lipinski definition) is 2. The van der Waals surface area contributed by atoms with Crippen LogP contribution in [0.25, 0.3) is 0 Å². The van der Waals surface area contributed by atoms with Crippen molar-refractivity contribution in [3.05, 3.63) is 35.9 Å². The topological polar surface area (TPSA) is 69.6 Å². The van der Waals surface area contributed by atoms with E-state index in [1.165, 1.54) is 5.56 Å². The van der Waals surface area contributed by atoms with Gasteiger partial charge in [-0.05, 0) is 24.8 Å². The van der Waals surface area contributed by atoms with E-state index in [1.807, 2.05) is 44.2 Å². The highest BCUT2D eigenvalue weighted by molar-refractivity contribution is 5.77. The van der Waals surface area contributed by atoms with E-state index >= 15 is 0 Å². The van der Waals surface area contributed by atoms with Crippen LogP contribution in [-0.4, -0.2) is 41.1 Å². The van der Waals surface area contributed by atoms with Crippen LogP contribution in [0, 0.1) is 11.8 Å². The summed E-state index contributed by atoms with van der Waals surface area (Å²) >= 11 is 0. The van der Waals surface area contributed by atoms with Crippen molar-refractivity contribution in [3.8, 4) is 0 Å². The minimum Gasteiger partial charge on any atom is -0.481 e. The Kier molecular flexibility index (Phi) is 4.83. The first-order chi connectivity index (χ1) is 9.97. The van der Waals surface area contributed by atoms with Crippen LogP contribution in [0.3, 0.4) is 0 Å². The molecule has 0 radical (unpaired) electrons. The van der Waals surface area contributed by atoms with E-state index in [9.17, 15) is 9.59 Å². The molecule has 2 N–H and O–H groups in total. The van der Waals surface area contributed by atoms with Crippen LogP contribution in [0.4, 0.5) is 4.79 Å². The van der Waals surface area contributed by atoms with E-state index in [1.54, 1.807) is 4.90 Å². The molecule has 1 fully saturated rings. The number of carboxylic acids is 1. The molecule has 1 aromatic carbocycles. The molecule has 1 saturated heterocycles. The van der Waals surface area contributed by atoms with Crippen molar-refractivity contribution in [3.63, 3.8) is 0 Å². The number of amides is 2. The first-order valence-electron chi connectivity index (χ1n) is 7.29. The van der Waals surface area contributed by atoms with Gasteiger partial charge < -0.3 is 15.3 Å². The van der Waals surface area contributed by atoms with Crippen molar-refractivity contribution in [1.82, 2.24) is 10.2 Å². The van der Waals surface area contributed by atoms with Crippen LogP contribution in [0.15, 0.2) is 30.3 Å². The molecule has 3 atom stereocenters. The largest absolute Gasteiger partial charge is 0.481 e. The average molecular weight is 290 g/mol. The van der Waals surface area contributed by atoms with Gasteiger partial charge in [0, 0.05) is 19.1 Å². The lowest BCUT2D eigenvalue weighted by molar-refractivity contribution is -0.142. The van der Waals surface area contributed by atoms with Crippen LogP contribution >= 0.6 is 0 Å². The molecule has 114 valence electrons. The van der Waals surface area contributed by atoms with Gasteiger partial charge in [0.05, 0.1) is 5.92 Å². The third kappa shape index (κ3) is 3.97. The summed E-state index contributed by atoms with van der Waals surface area (Å²) in [5, 5.41) is 12.0. The van der Waals surface area contributed by atoms with E-state index in [-0.39, 0.29) is 18.0 Å². The second kappa shape index (κ2) is 6.61. The number of aliphatic carboxylic acids is 1. The van der Waals surface area contributed by atoms with Gasteiger partial charge in [-0.25, -0.2) is 4.79 Å². The van der Waals surface area contributed by atoms with Crippen molar-refractivity contribution in [2.45, 2.75) is 26.3 Å². The molecule has 2 amide bonds. The quantitative estimate of drug-likeness (QED) is 0.891. The molecule has 0 aromatic heterocycles. The maximum absolute atomic E-state index is 12.2. The second-order valence-electron chi connectivity index (χ2n) is 5.87. The Morgan fingerprint density at radius 2 is 2.00 bits per heavy atom.